The van der Waals surface area contributed by atoms with Gasteiger partial charge in [-0.1, -0.05) is 23.4 Å². The van der Waals surface area contributed by atoms with Crippen molar-refractivity contribution >= 4 is 6.47 Å². The molecule has 0 fully saturated rings. The standard InChI is InChI=1S/C7H6FNO/c8-6-9-10-7-4-2-1-3-5-7/h1-6H. The van der Waals surface area contributed by atoms with E-state index in [9.17, 15) is 4.39 Å². The number of halogens is 1. The third kappa shape index (κ3) is 1.85. The lowest BCUT2D eigenvalue weighted by Crippen LogP contribution is -1.79. The molecule has 10 heavy (non-hydrogen) atoms. The van der Waals surface area contributed by atoms with Gasteiger partial charge in [-0.25, -0.2) is 0 Å². The number of nitrogens with zero attached hydrogens (tertiary/aromatic N) is 1. The summed E-state index contributed by atoms with van der Waals surface area (Å²) in [6.45, 7) is 0.104. The van der Waals surface area contributed by atoms with Gasteiger partial charge < -0.3 is 4.84 Å². The lowest BCUT2D eigenvalue weighted by atomic mass is 10.3. The van der Waals surface area contributed by atoms with Gasteiger partial charge in [-0.15, -0.1) is 0 Å². The summed E-state index contributed by atoms with van der Waals surface area (Å²) in [5.41, 5.74) is 0. The topological polar surface area (TPSA) is 21.6 Å². The molecular formula is C7H6FNO. The first kappa shape index (κ1) is 6.74. The van der Waals surface area contributed by atoms with E-state index in [1.165, 1.54) is 0 Å². The highest BCUT2D eigenvalue weighted by atomic mass is 19.1. The van der Waals surface area contributed by atoms with Gasteiger partial charge in [0.2, 0.25) is 6.47 Å². The summed E-state index contributed by atoms with van der Waals surface area (Å²) in [6.07, 6.45) is 0. The Balaban J connectivity index is 2.59. The van der Waals surface area contributed by atoms with Crippen LogP contribution < -0.4 is 4.84 Å². The van der Waals surface area contributed by atoms with E-state index in [-0.39, 0.29) is 6.47 Å². The molecule has 2 nitrogen and oxygen atoms in total. The largest absolute Gasteiger partial charge is 0.355 e. The molecule has 0 spiro atoms. The first-order valence-corrected chi connectivity index (χ1v) is 2.77. The number of hydrogen-bond donors (Lipinski definition) is 0. The molecule has 0 bridgehead atoms. The van der Waals surface area contributed by atoms with Crippen LogP contribution in [0, 0.1) is 0 Å². The molecule has 0 atom stereocenters. The Hall–Kier alpha value is -1.38. The fourth-order valence-electron chi connectivity index (χ4n) is 0.562. The fraction of sp³-hybridized carbons (Fsp3) is 0. The van der Waals surface area contributed by atoms with Crippen LogP contribution in [0.3, 0.4) is 0 Å². The molecule has 1 aromatic rings. The Morgan fingerprint density at radius 3 is 2.60 bits per heavy atom. The highest BCUT2D eigenvalue weighted by Crippen LogP contribution is 2.07. The Morgan fingerprint density at radius 2 is 2.00 bits per heavy atom. The first-order valence-electron chi connectivity index (χ1n) is 2.77. The Labute approximate surface area is 57.9 Å². The molecule has 0 amide bonds. The first-order chi connectivity index (χ1) is 4.93. The monoisotopic (exact) mass is 139 g/mol. The third-order valence-corrected chi connectivity index (χ3v) is 0.941. The van der Waals surface area contributed by atoms with Crippen molar-refractivity contribution in [1.29, 1.82) is 0 Å². The Bertz CT molecular complexity index is 210. The van der Waals surface area contributed by atoms with Gasteiger partial charge in [-0.3, -0.25) is 0 Å². The van der Waals surface area contributed by atoms with Crippen molar-refractivity contribution in [3.63, 3.8) is 0 Å². The van der Waals surface area contributed by atoms with Crippen molar-refractivity contribution in [2.45, 2.75) is 0 Å². The van der Waals surface area contributed by atoms with Crippen LogP contribution in [0.15, 0.2) is 35.5 Å². The van der Waals surface area contributed by atoms with Crippen molar-refractivity contribution in [3.8, 4) is 5.75 Å². The third-order valence-electron chi connectivity index (χ3n) is 0.941. The molecule has 0 saturated carbocycles. The van der Waals surface area contributed by atoms with Gasteiger partial charge in [-0.2, -0.15) is 4.39 Å². The summed E-state index contributed by atoms with van der Waals surface area (Å²) in [6, 6.07) is 8.78. The molecule has 0 aliphatic heterocycles. The van der Waals surface area contributed by atoms with E-state index in [1.807, 2.05) is 6.07 Å². The maximum Gasteiger partial charge on any atom is 0.214 e. The predicted molar refractivity (Wildman–Crippen MR) is 36.7 cm³/mol. The van der Waals surface area contributed by atoms with Crippen LogP contribution in [0.4, 0.5) is 4.39 Å². The molecule has 0 heterocycles. The zero-order valence-electron chi connectivity index (χ0n) is 5.20. The van der Waals surface area contributed by atoms with Gasteiger partial charge in [0, 0.05) is 0 Å². The van der Waals surface area contributed by atoms with Crippen LogP contribution >= 0.6 is 0 Å². The highest BCUT2D eigenvalue weighted by molar-refractivity contribution is 5.43. The van der Waals surface area contributed by atoms with Crippen molar-refractivity contribution in [1.82, 2.24) is 0 Å². The van der Waals surface area contributed by atoms with E-state index < -0.39 is 0 Å². The number of hydrogen-bond acceptors (Lipinski definition) is 2. The van der Waals surface area contributed by atoms with E-state index in [0.29, 0.717) is 5.75 Å². The summed E-state index contributed by atoms with van der Waals surface area (Å²) in [4.78, 5) is 4.55. The van der Waals surface area contributed by atoms with E-state index in [2.05, 4.69) is 9.99 Å². The minimum Gasteiger partial charge on any atom is -0.355 e. The smallest absolute Gasteiger partial charge is 0.214 e. The Kier molecular flexibility index (Phi) is 2.43. The van der Waals surface area contributed by atoms with E-state index in [0.717, 1.165) is 0 Å². The molecule has 0 unspecified atom stereocenters. The van der Waals surface area contributed by atoms with Crippen molar-refractivity contribution in [2.75, 3.05) is 0 Å². The molecule has 0 N–H and O–H groups in total. The molecule has 0 saturated heterocycles. The van der Waals surface area contributed by atoms with Gasteiger partial charge in [0.1, 0.15) is 0 Å². The zero-order valence-corrected chi connectivity index (χ0v) is 5.20. The lowest BCUT2D eigenvalue weighted by molar-refractivity contribution is 0.338. The molecular weight excluding hydrogens is 133 g/mol. The van der Waals surface area contributed by atoms with Crippen molar-refractivity contribution in [3.05, 3.63) is 30.3 Å². The van der Waals surface area contributed by atoms with E-state index in [4.69, 9.17) is 0 Å². The van der Waals surface area contributed by atoms with Gasteiger partial charge >= 0.3 is 0 Å². The summed E-state index contributed by atoms with van der Waals surface area (Å²) in [5.74, 6) is 0.524. The minimum absolute atomic E-state index is 0.104. The summed E-state index contributed by atoms with van der Waals surface area (Å²) < 4.78 is 11.3. The SMILES string of the molecule is FC=NOc1ccccc1. The molecule has 52 valence electrons. The average Bonchev–Trinajstić information content (AvgIpc) is 2.03. The maximum absolute atomic E-state index is 11.3. The number of oxime groups is 1. The molecule has 0 aliphatic rings. The molecule has 1 rings (SSSR count). The minimum atomic E-state index is 0.104. The molecule has 0 aromatic heterocycles. The van der Waals surface area contributed by atoms with E-state index >= 15 is 0 Å². The maximum atomic E-state index is 11.3. The van der Waals surface area contributed by atoms with Crippen LogP contribution in [0.2, 0.25) is 0 Å². The highest BCUT2D eigenvalue weighted by Gasteiger charge is 1.85. The quantitative estimate of drug-likeness (QED) is 0.453. The molecule has 0 aliphatic carbocycles. The summed E-state index contributed by atoms with van der Waals surface area (Å²) >= 11 is 0. The lowest BCUT2D eigenvalue weighted by Gasteiger charge is -1.92. The van der Waals surface area contributed by atoms with Crippen LogP contribution in [0.25, 0.3) is 0 Å². The zero-order chi connectivity index (χ0) is 7.23. The molecule has 0 radical (unpaired) electrons. The second-order valence-electron chi connectivity index (χ2n) is 1.61. The van der Waals surface area contributed by atoms with Gasteiger partial charge in [0.15, 0.2) is 5.75 Å². The molecule has 3 heteroatoms. The van der Waals surface area contributed by atoms with Crippen molar-refractivity contribution < 1.29 is 9.23 Å². The van der Waals surface area contributed by atoms with Crippen LogP contribution in [0.1, 0.15) is 0 Å². The second-order valence-corrected chi connectivity index (χ2v) is 1.61. The normalized spacial score (nSPS) is 10.1. The van der Waals surface area contributed by atoms with Gasteiger partial charge in [0.05, 0.1) is 0 Å². The van der Waals surface area contributed by atoms with Crippen molar-refractivity contribution in [2.24, 2.45) is 5.16 Å². The number of rotatable bonds is 2. The molecule has 1 aromatic carbocycles. The number of benzene rings is 1. The summed E-state index contributed by atoms with van der Waals surface area (Å²) in [5, 5.41) is 2.95. The van der Waals surface area contributed by atoms with Gasteiger partial charge in [0.25, 0.3) is 0 Å². The second kappa shape index (κ2) is 3.61. The number of para-hydroxylation sites is 1. The van der Waals surface area contributed by atoms with Gasteiger partial charge in [-0.05, 0) is 12.1 Å². The van der Waals surface area contributed by atoms with Crippen LogP contribution in [0.5, 0.6) is 5.75 Å². The average molecular weight is 139 g/mol. The summed E-state index contributed by atoms with van der Waals surface area (Å²) in [7, 11) is 0. The van der Waals surface area contributed by atoms with Crippen LogP contribution in [-0.4, -0.2) is 6.47 Å². The fourth-order valence-corrected chi connectivity index (χ4v) is 0.562. The predicted octanol–water partition coefficient (Wildman–Crippen LogP) is 1.98. The van der Waals surface area contributed by atoms with E-state index in [1.54, 1.807) is 24.3 Å². The van der Waals surface area contributed by atoms with Crippen LogP contribution in [-0.2, 0) is 0 Å². The Morgan fingerprint density at radius 1 is 1.30 bits per heavy atom.